The van der Waals surface area contributed by atoms with Gasteiger partial charge in [0.25, 0.3) is 0 Å². The molecule has 0 aliphatic rings. The van der Waals surface area contributed by atoms with Crippen LogP contribution in [0.1, 0.15) is 12.8 Å². The Morgan fingerprint density at radius 3 is 1.58 bits per heavy atom. The third-order valence-corrected chi connectivity index (χ3v) is 1.91. The molecule has 0 aromatic heterocycles. The number of carboxylic acids is 2. The van der Waals surface area contributed by atoms with Gasteiger partial charge in [0.1, 0.15) is 0 Å². The maximum absolute atomic E-state index is 9.97. The molecule has 0 aromatic carbocycles. The molecule has 0 rings (SSSR count). The van der Waals surface area contributed by atoms with Gasteiger partial charge < -0.3 is 10.2 Å². The van der Waals surface area contributed by atoms with Gasteiger partial charge in [0.2, 0.25) is 0 Å². The Morgan fingerprint density at radius 1 is 1.00 bits per heavy atom. The van der Waals surface area contributed by atoms with Crippen LogP contribution in [-0.4, -0.2) is 63.2 Å². The number of thioether (sulfide) groups is 1. The number of carboxylic acid groups (broad SMARTS) is 2. The molecule has 6 heteroatoms. The van der Waals surface area contributed by atoms with Crippen molar-refractivity contribution in [1.29, 1.82) is 0 Å². The van der Waals surface area contributed by atoms with Crippen molar-refractivity contribution in [2.45, 2.75) is 12.8 Å². The van der Waals surface area contributed by atoms with E-state index < -0.39 is 11.9 Å². The Labute approximate surface area is 97.0 Å². The van der Waals surface area contributed by atoms with Crippen LogP contribution in [0.25, 0.3) is 0 Å². The predicted molar refractivity (Wildman–Crippen MR) is 47.6 cm³/mol. The number of carbonyl (C=O) groups is 2. The maximum atomic E-state index is 9.97. The summed E-state index contributed by atoms with van der Waals surface area (Å²) in [6.07, 6.45) is 0.203. The van der Waals surface area contributed by atoms with Crippen molar-refractivity contribution in [2.75, 3.05) is 11.5 Å². The largest absolute Gasteiger partial charge is 0.481 e. The molecule has 0 aliphatic heterocycles. The minimum absolute atomic E-state index is 0. The molecule has 0 aromatic rings. The summed E-state index contributed by atoms with van der Waals surface area (Å²) in [5.74, 6) is -0.703. The summed E-state index contributed by atoms with van der Waals surface area (Å²) >= 11 is 1.35. The molecule has 0 aliphatic carbocycles. The minimum Gasteiger partial charge on any atom is -0.481 e. The van der Waals surface area contributed by atoms with Crippen LogP contribution in [0.2, 0.25) is 0 Å². The second-order valence-electron chi connectivity index (χ2n) is 1.90. The maximum Gasteiger partial charge on any atom is 0.304 e. The van der Waals surface area contributed by atoms with E-state index in [4.69, 9.17) is 10.2 Å². The predicted octanol–water partition coefficient (Wildman–Crippen LogP) is 0.288. The van der Waals surface area contributed by atoms with Gasteiger partial charge in [-0.25, -0.2) is 0 Å². The van der Waals surface area contributed by atoms with Crippen LogP contribution < -0.4 is 0 Å². The van der Waals surface area contributed by atoms with Gasteiger partial charge in [0.15, 0.2) is 0 Å². The van der Waals surface area contributed by atoms with Crippen LogP contribution in [0.15, 0.2) is 0 Å². The standard InChI is InChI=1S/C6H10O4S.Na/c7-5(8)1-3-11-4-2-6(9)10;/h1-4H2,(H,7,8)(H,9,10);. The summed E-state index contributed by atoms with van der Waals surface area (Å²) in [6, 6.07) is 0. The number of hydrogen-bond donors (Lipinski definition) is 2. The summed E-state index contributed by atoms with van der Waals surface area (Å²) in [6.45, 7) is 0. The molecule has 0 amide bonds. The van der Waals surface area contributed by atoms with Crippen molar-refractivity contribution < 1.29 is 19.8 Å². The molecule has 0 spiro atoms. The van der Waals surface area contributed by atoms with Crippen LogP contribution in [0.3, 0.4) is 0 Å². The Bertz CT molecular complexity index is 134. The van der Waals surface area contributed by atoms with Crippen LogP contribution in [0.5, 0.6) is 0 Å². The van der Waals surface area contributed by atoms with E-state index in [0.717, 1.165) is 0 Å². The van der Waals surface area contributed by atoms with Crippen molar-refractivity contribution in [2.24, 2.45) is 0 Å². The molecule has 0 unspecified atom stereocenters. The Hall–Kier alpha value is 0.290. The molecular weight excluding hydrogens is 191 g/mol. The normalized spacial score (nSPS) is 8.67. The Morgan fingerprint density at radius 2 is 1.33 bits per heavy atom. The fourth-order valence-corrected chi connectivity index (χ4v) is 1.26. The first kappa shape index (κ1) is 14.8. The topological polar surface area (TPSA) is 74.6 Å². The average Bonchev–Trinajstić information content (AvgIpc) is 1.85. The molecule has 65 valence electrons. The summed E-state index contributed by atoms with van der Waals surface area (Å²) in [5, 5.41) is 16.4. The van der Waals surface area contributed by atoms with E-state index in [9.17, 15) is 9.59 Å². The zero-order chi connectivity index (χ0) is 8.69. The van der Waals surface area contributed by atoms with E-state index in [2.05, 4.69) is 0 Å². The molecule has 0 fully saturated rings. The van der Waals surface area contributed by atoms with Crippen molar-refractivity contribution in [3.63, 3.8) is 0 Å². The zero-order valence-corrected chi connectivity index (χ0v) is 9.76. The van der Waals surface area contributed by atoms with E-state index in [1.165, 1.54) is 11.8 Å². The molecule has 1 radical (unpaired) electrons. The van der Waals surface area contributed by atoms with E-state index in [1.807, 2.05) is 0 Å². The second kappa shape index (κ2) is 9.38. The number of hydrogen-bond acceptors (Lipinski definition) is 3. The summed E-state index contributed by atoms with van der Waals surface area (Å²) < 4.78 is 0. The van der Waals surface area contributed by atoms with Gasteiger partial charge >= 0.3 is 11.9 Å². The first-order chi connectivity index (χ1) is 5.13. The summed E-state index contributed by atoms with van der Waals surface area (Å²) in [4.78, 5) is 19.9. The first-order valence-corrected chi connectivity index (χ1v) is 4.29. The smallest absolute Gasteiger partial charge is 0.304 e. The molecule has 4 nitrogen and oxygen atoms in total. The van der Waals surface area contributed by atoms with E-state index in [-0.39, 0.29) is 42.4 Å². The van der Waals surface area contributed by atoms with E-state index in [1.54, 1.807) is 0 Å². The van der Waals surface area contributed by atoms with Gasteiger partial charge in [-0.3, -0.25) is 9.59 Å². The zero-order valence-electron chi connectivity index (χ0n) is 6.95. The quantitative estimate of drug-likeness (QED) is 0.477. The fraction of sp³-hybridized carbons (Fsp3) is 0.667. The van der Waals surface area contributed by atoms with E-state index in [0.29, 0.717) is 11.5 Å². The Kier molecular flexibility index (Phi) is 11.6. The van der Waals surface area contributed by atoms with Gasteiger partial charge in [0.05, 0.1) is 12.8 Å². The Balaban J connectivity index is 0. The summed E-state index contributed by atoms with van der Waals surface area (Å²) in [7, 11) is 0. The molecular formula is C6H10NaO4S. The van der Waals surface area contributed by atoms with Crippen molar-refractivity contribution >= 4 is 53.3 Å². The van der Waals surface area contributed by atoms with Gasteiger partial charge in [-0.05, 0) is 0 Å². The van der Waals surface area contributed by atoms with Crippen molar-refractivity contribution in [1.82, 2.24) is 0 Å². The molecule has 0 saturated carbocycles. The minimum atomic E-state index is -0.840. The SMILES string of the molecule is O=C(O)CCSCCC(=O)O.[Na]. The van der Waals surface area contributed by atoms with Crippen molar-refractivity contribution in [3.05, 3.63) is 0 Å². The second-order valence-corrected chi connectivity index (χ2v) is 3.12. The van der Waals surface area contributed by atoms with Crippen molar-refractivity contribution in [3.8, 4) is 0 Å². The van der Waals surface area contributed by atoms with E-state index >= 15 is 0 Å². The van der Waals surface area contributed by atoms with Gasteiger partial charge in [-0.15, -0.1) is 0 Å². The van der Waals surface area contributed by atoms with Gasteiger partial charge in [-0.2, -0.15) is 11.8 Å². The number of aliphatic carboxylic acids is 2. The van der Waals surface area contributed by atoms with Crippen LogP contribution in [0, 0.1) is 0 Å². The monoisotopic (exact) mass is 201 g/mol. The summed E-state index contributed by atoms with van der Waals surface area (Å²) in [5.41, 5.74) is 0. The van der Waals surface area contributed by atoms with Gasteiger partial charge in [-0.1, -0.05) is 0 Å². The molecule has 12 heavy (non-hydrogen) atoms. The molecule has 2 N–H and O–H groups in total. The molecule has 0 heterocycles. The molecule has 0 saturated heterocycles. The fourth-order valence-electron chi connectivity index (χ4n) is 0.421. The van der Waals surface area contributed by atoms with Crippen LogP contribution >= 0.6 is 11.8 Å². The number of rotatable bonds is 6. The van der Waals surface area contributed by atoms with Gasteiger partial charge in [0, 0.05) is 41.1 Å². The molecule has 0 bridgehead atoms. The molecule has 0 atom stereocenters. The van der Waals surface area contributed by atoms with Crippen LogP contribution in [-0.2, 0) is 9.59 Å². The third kappa shape index (κ3) is 12.9. The third-order valence-electron chi connectivity index (χ3n) is 0.921. The van der Waals surface area contributed by atoms with Crippen LogP contribution in [0.4, 0.5) is 0 Å². The first-order valence-electron chi connectivity index (χ1n) is 3.14. The average molecular weight is 201 g/mol.